The fourth-order valence-electron chi connectivity index (χ4n) is 0.714. The van der Waals surface area contributed by atoms with Crippen LogP contribution in [0.25, 0.3) is 0 Å². The smallest absolute Gasteiger partial charge is 0.220 e. The minimum Gasteiger partial charge on any atom is -0.359 e. The molecule has 0 heterocycles. The Morgan fingerprint density at radius 3 is 2.67 bits per heavy atom. The number of carbonyl (C=O) groups is 2. The Bertz CT molecular complexity index is 250. The van der Waals surface area contributed by atoms with Gasteiger partial charge in [-0.25, -0.2) is 0 Å². The highest BCUT2D eigenvalue weighted by Crippen LogP contribution is 2.22. The van der Waals surface area contributed by atoms with Gasteiger partial charge in [0.05, 0.1) is 7.92 Å². The van der Waals surface area contributed by atoms with Crippen LogP contribution in [0.3, 0.4) is 0 Å². The highest BCUT2D eigenvalue weighted by Gasteiger charge is 2.01. The lowest BCUT2D eigenvalue weighted by atomic mass is 10.3. The zero-order valence-electron chi connectivity index (χ0n) is 9.69. The highest BCUT2D eigenvalue weighted by atomic mass is 33.1. The quantitative estimate of drug-likeness (QED) is 0.378. The van der Waals surface area contributed by atoms with Crippen LogP contribution in [0, 0.1) is 0 Å². The van der Waals surface area contributed by atoms with Crippen LogP contribution in [0.2, 0.25) is 0 Å². The third-order valence-corrected chi connectivity index (χ3v) is 3.91. The van der Waals surface area contributed by atoms with E-state index in [1.165, 1.54) is 0 Å². The zero-order chi connectivity index (χ0) is 12.2. The van der Waals surface area contributed by atoms with Gasteiger partial charge in [0, 0.05) is 31.4 Å². The first-order valence-electron chi connectivity index (χ1n) is 5.11. The third-order valence-electron chi connectivity index (χ3n) is 1.51. The van der Waals surface area contributed by atoms with Crippen molar-refractivity contribution in [3.05, 3.63) is 0 Å². The van der Waals surface area contributed by atoms with Crippen molar-refractivity contribution in [3.8, 4) is 0 Å². The number of nitrogens with zero attached hydrogens (tertiary/aromatic N) is 1. The van der Waals surface area contributed by atoms with E-state index in [9.17, 15) is 9.59 Å². The molecule has 0 saturated carbocycles. The predicted octanol–water partition coefficient (Wildman–Crippen LogP) is 1.16. The summed E-state index contributed by atoms with van der Waals surface area (Å²) in [6.45, 7) is 0.996. The summed E-state index contributed by atoms with van der Waals surface area (Å²) in [4.78, 5) is 25.5. The summed E-state index contributed by atoms with van der Waals surface area (Å²) in [6, 6.07) is 0. The van der Waals surface area contributed by atoms with Gasteiger partial charge in [-0.05, 0) is 6.69 Å². The normalized spacial score (nSPS) is 11.4. The fourth-order valence-corrected chi connectivity index (χ4v) is 2.74. The number of Topliss-reactive ketones (excluding diaryl/α,β-unsaturated/α-hetero) is 1. The van der Waals surface area contributed by atoms with Crippen molar-refractivity contribution in [1.29, 1.82) is 0 Å². The lowest BCUT2D eigenvalue weighted by molar-refractivity contribution is -0.120. The van der Waals surface area contributed by atoms with Gasteiger partial charge >= 0.3 is 0 Å². The molecule has 0 aliphatic heterocycles. The highest BCUT2D eigenvalue weighted by molar-refractivity contribution is 8.76. The molecule has 0 spiro atoms. The predicted molar refractivity (Wildman–Crippen MR) is 67.6 cm³/mol. The van der Waals surface area contributed by atoms with Crippen LogP contribution in [0.4, 0.5) is 0 Å². The molecule has 0 fully saturated rings. The Balaban J connectivity index is 3.26. The molecule has 15 heavy (non-hydrogen) atoms. The second-order valence-corrected chi connectivity index (χ2v) is 5.40. The Kier molecular flexibility index (Phi) is 8.42. The van der Waals surface area contributed by atoms with Gasteiger partial charge in [-0.1, -0.05) is 21.6 Å². The van der Waals surface area contributed by atoms with E-state index in [1.54, 1.807) is 28.6 Å². The lowest BCUT2D eigenvalue weighted by Gasteiger charge is -2.00. The zero-order valence-corrected chi connectivity index (χ0v) is 10.3. The van der Waals surface area contributed by atoms with E-state index in [4.69, 9.17) is 1.37 Å². The van der Waals surface area contributed by atoms with E-state index in [0.717, 1.165) is 18.2 Å². The molecule has 0 aromatic heterocycles. The third kappa shape index (κ3) is 9.81. The van der Waals surface area contributed by atoms with Gasteiger partial charge in [-0.2, -0.15) is 0 Å². The number of hydrogen-bond donors (Lipinski definition) is 1. The lowest BCUT2D eigenvalue weighted by Crippen LogP contribution is -2.17. The molecule has 1 N–H and O–H groups in total. The summed E-state index contributed by atoms with van der Waals surface area (Å²) in [6.07, 6.45) is 0.972. The summed E-state index contributed by atoms with van der Waals surface area (Å²) in [5.74, 6) is 1.56. The molecular weight excluding hydrogens is 232 g/mol. The number of carbonyl (C=O) groups excluding carboxylic acids is 2. The average molecular weight is 249 g/mol. The molecule has 0 aliphatic carbocycles. The second-order valence-electron chi connectivity index (χ2n) is 2.70. The standard InChI is InChI=1S/C9H16N2O2S2/c1-10-7-8(12)3-5-14-15-6-4-9(13)11-2/h1,3-7H2,2H3,(H,11,13)/i1D. The van der Waals surface area contributed by atoms with Crippen molar-refractivity contribution < 1.29 is 11.0 Å². The van der Waals surface area contributed by atoms with Crippen LogP contribution in [-0.4, -0.2) is 43.5 Å². The van der Waals surface area contributed by atoms with Gasteiger partial charge in [0.2, 0.25) is 5.91 Å². The Morgan fingerprint density at radius 2 is 2.07 bits per heavy atom. The van der Waals surface area contributed by atoms with Crippen LogP contribution < -0.4 is 5.32 Å². The molecule has 0 unspecified atom stereocenters. The van der Waals surface area contributed by atoms with Crippen molar-refractivity contribution in [1.82, 2.24) is 5.32 Å². The van der Waals surface area contributed by atoms with Gasteiger partial charge in [0.15, 0.2) is 5.78 Å². The number of rotatable bonds is 9. The largest absolute Gasteiger partial charge is 0.359 e. The van der Waals surface area contributed by atoms with E-state index in [-0.39, 0.29) is 18.2 Å². The van der Waals surface area contributed by atoms with Crippen LogP contribution in [0.1, 0.15) is 14.2 Å². The summed E-state index contributed by atoms with van der Waals surface area (Å²) >= 11 is 0. The first-order chi connectivity index (χ1) is 7.70. The first-order valence-corrected chi connectivity index (χ1v) is 7.03. The molecule has 1 amide bonds. The van der Waals surface area contributed by atoms with Gasteiger partial charge in [-0.3, -0.25) is 14.6 Å². The van der Waals surface area contributed by atoms with E-state index in [1.807, 2.05) is 0 Å². The summed E-state index contributed by atoms with van der Waals surface area (Å²) in [5.41, 5.74) is 0. The molecule has 0 rings (SSSR count). The van der Waals surface area contributed by atoms with E-state index in [0.29, 0.717) is 12.8 Å². The van der Waals surface area contributed by atoms with Crippen molar-refractivity contribution >= 4 is 40.0 Å². The van der Waals surface area contributed by atoms with Crippen molar-refractivity contribution in [3.63, 3.8) is 0 Å². The maximum atomic E-state index is 11.1. The monoisotopic (exact) mass is 249 g/mol. The number of hydrogen-bond acceptors (Lipinski definition) is 5. The average Bonchev–Trinajstić information content (AvgIpc) is 2.30. The molecule has 0 atom stereocenters. The van der Waals surface area contributed by atoms with Gasteiger partial charge < -0.3 is 5.32 Å². The fraction of sp³-hybridized carbons (Fsp3) is 0.667. The Labute approximate surface area is 99.5 Å². The maximum absolute atomic E-state index is 11.1. The Morgan fingerprint density at radius 1 is 1.40 bits per heavy atom. The molecule has 86 valence electrons. The first kappa shape index (κ1) is 12.6. The number of ketones is 1. The van der Waals surface area contributed by atoms with E-state index < -0.39 is 0 Å². The number of aliphatic imine (C=N–C) groups is 1. The van der Waals surface area contributed by atoms with Crippen LogP contribution in [0.5, 0.6) is 0 Å². The second kappa shape index (κ2) is 10.0. The minimum atomic E-state index is 0.0361. The van der Waals surface area contributed by atoms with Gasteiger partial charge in [0.25, 0.3) is 0 Å². The molecule has 0 saturated heterocycles. The minimum absolute atomic E-state index is 0.0361. The molecule has 0 bridgehead atoms. The summed E-state index contributed by atoms with van der Waals surface area (Å²) in [5, 5.41) is 2.55. The van der Waals surface area contributed by atoms with E-state index >= 15 is 0 Å². The van der Waals surface area contributed by atoms with Crippen LogP contribution >= 0.6 is 21.6 Å². The molecule has 6 heteroatoms. The molecular formula is C9H16N2O2S2. The van der Waals surface area contributed by atoms with Crippen molar-refractivity contribution in [2.75, 3.05) is 25.1 Å². The van der Waals surface area contributed by atoms with Crippen LogP contribution in [-0.2, 0) is 9.59 Å². The van der Waals surface area contributed by atoms with Crippen molar-refractivity contribution in [2.24, 2.45) is 4.99 Å². The Hall–Kier alpha value is -0.490. The SMILES string of the molecule is [2H]C=NCC(=O)CCSSCCC(=O)NC. The molecule has 0 aliphatic rings. The maximum Gasteiger partial charge on any atom is 0.220 e. The molecule has 0 radical (unpaired) electrons. The van der Waals surface area contributed by atoms with Gasteiger partial charge in [0.1, 0.15) is 0 Å². The molecule has 4 nitrogen and oxygen atoms in total. The molecule has 0 aromatic rings. The molecule has 0 aromatic carbocycles. The number of nitrogens with one attached hydrogen (secondary N) is 1. The van der Waals surface area contributed by atoms with E-state index in [2.05, 4.69) is 10.3 Å². The van der Waals surface area contributed by atoms with Crippen molar-refractivity contribution in [2.45, 2.75) is 12.8 Å². The summed E-state index contributed by atoms with van der Waals surface area (Å²) < 4.78 is 6.63. The topological polar surface area (TPSA) is 58.5 Å². The van der Waals surface area contributed by atoms with Gasteiger partial charge in [-0.15, -0.1) is 0 Å². The summed E-state index contributed by atoms with van der Waals surface area (Å²) in [7, 11) is 4.79. The number of amides is 1. The van der Waals surface area contributed by atoms with Crippen LogP contribution in [0.15, 0.2) is 4.99 Å².